The van der Waals surface area contributed by atoms with Gasteiger partial charge in [-0.2, -0.15) is 0 Å². The summed E-state index contributed by atoms with van der Waals surface area (Å²) in [6.07, 6.45) is 2.39. The zero-order chi connectivity index (χ0) is 7.40. The van der Waals surface area contributed by atoms with E-state index in [2.05, 4.69) is 6.92 Å². The Labute approximate surface area is 62.7 Å². The van der Waals surface area contributed by atoms with Gasteiger partial charge >= 0.3 is 8.60 Å². The van der Waals surface area contributed by atoms with Gasteiger partial charge in [0.25, 0.3) is 0 Å². The predicted octanol–water partition coefficient (Wildman–Crippen LogP) is 2.08. The molecule has 0 amide bonds. The van der Waals surface area contributed by atoms with E-state index in [1.54, 1.807) is 7.11 Å². The lowest BCUT2D eigenvalue weighted by Gasteiger charge is -2.26. The molecule has 2 atom stereocenters. The molecule has 1 heterocycles. The minimum atomic E-state index is -1.01. The Hall–Kier alpha value is 0.310. The molecule has 0 aliphatic carbocycles. The highest BCUT2D eigenvalue weighted by atomic mass is 31.2. The molecule has 0 radical (unpaired) electrons. The monoisotopic (exact) mass is 164 g/mol. The Morgan fingerprint density at radius 3 is 3.10 bits per heavy atom. The SMILES string of the molecule is CCC1CCOP(OC)O1. The van der Waals surface area contributed by atoms with Gasteiger partial charge in [-0.15, -0.1) is 0 Å². The first-order valence-corrected chi connectivity index (χ1v) is 4.60. The van der Waals surface area contributed by atoms with E-state index in [-0.39, 0.29) is 0 Å². The van der Waals surface area contributed by atoms with E-state index in [9.17, 15) is 0 Å². The van der Waals surface area contributed by atoms with E-state index in [1.165, 1.54) is 0 Å². The summed E-state index contributed by atoms with van der Waals surface area (Å²) in [6, 6.07) is 0. The van der Waals surface area contributed by atoms with E-state index in [1.807, 2.05) is 0 Å². The van der Waals surface area contributed by atoms with Crippen molar-refractivity contribution in [3.63, 3.8) is 0 Å². The van der Waals surface area contributed by atoms with Gasteiger partial charge in [-0.3, -0.25) is 0 Å². The largest absolute Gasteiger partial charge is 0.332 e. The summed E-state index contributed by atoms with van der Waals surface area (Å²) in [7, 11) is 0.600. The van der Waals surface area contributed by atoms with Gasteiger partial charge in [-0.05, 0) is 12.8 Å². The zero-order valence-electron chi connectivity index (χ0n) is 6.37. The van der Waals surface area contributed by atoms with Crippen molar-refractivity contribution in [2.24, 2.45) is 0 Å². The lowest BCUT2D eigenvalue weighted by atomic mass is 10.2. The lowest BCUT2D eigenvalue weighted by molar-refractivity contribution is 0.0685. The second kappa shape index (κ2) is 4.24. The maximum absolute atomic E-state index is 5.41. The average Bonchev–Trinajstić information content (AvgIpc) is 2.05. The molecule has 0 bridgehead atoms. The van der Waals surface area contributed by atoms with Crippen LogP contribution < -0.4 is 0 Å². The quantitative estimate of drug-likeness (QED) is 0.585. The first-order chi connectivity index (χ1) is 4.86. The molecular weight excluding hydrogens is 151 g/mol. The van der Waals surface area contributed by atoms with E-state index in [4.69, 9.17) is 13.6 Å². The molecule has 1 aliphatic rings. The van der Waals surface area contributed by atoms with Crippen molar-refractivity contribution in [1.82, 2.24) is 0 Å². The van der Waals surface area contributed by atoms with Crippen molar-refractivity contribution in [3.05, 3.63) is 0 Å². The fraction of sp³-hybridized carbons (Fsp3) is 1.00. The normalized spacial score (nSPS) is 34.2. The highest BCUT2D eigenvalue weighted by Gasteiger charge is 2.22. The molecule has 2 unspecified atom stereocenters. The average molecular weight is 164 g/mol. The topological polar surface area (TPSA) is 27.7 Å². The zero-order valence-corrected chi connectivity index (χ0v) is 7.27. The summed E-state index contributed by atoms with van der Waals surface area (Å²) in [5.41, 5.74) is 0. The molecule has 0 saturated carbocycles. The van der Waals surface area contributed by atoms with Gasteiger partial charge in [0.05, 0.1) is 12.7 Å². The standard InChI is InChI=1S/C6H13O3P/c1-3-6-4-5-8-10(7-2)9-6/h6H,3-5H2,1-2H3. The third-order valence-electron chi connectivity index (χ3n) is 1.48. The van der Waals surface area contributed by atoms with E-state index in [0.717, 1.165) is 19.4 Å². The Balaban J connectivity index is 2.25. The molecule has 10 heavy (non-hydrogen) atoms. The summed E-state index contributed by atoms with van der Waals surface area (Å²) < 4.78 is 15.5. The molecule has 4 heteroatoms. The maximum Gasteiger partial charge on any atom is 0.332 e. The van der Waals surface area contributed by atoms with Crippen LogP contribution in [0.4, 0.5) is 0 Å². The summed E-state index contributed by atoms with van der Waals surface area (Å²) in [5.74, 6) is 0. The second-order valence-electron chi connectivity index (χ2n) is 2.16. The van der Waals surface area contributed by atoms with Crippen LogP contribution in [0.15, 0.2) is 0 Å². The van der Waals surface area contributed by atoms with Gasteiger partial charge in [0.1, 0.15) is 0 Å². The summed E-state index contributed by atoms with van der Waals surface area (Å²) in [4.78, 5) is 0. The summed E-state index contributed by atoms with van der Waals surface area (Å²) in [5, 5.41) is 0. The van der Waals surface area contributed by atoms with Crippen LogP contribution >= 0.6 is 8.60 Å². The van der Waals surface area contributed by atoms with Gasteiger partial charge in [-0.25, -0.2) is 0 Å². The molecule has 0 aromatic rings. The second-order valence-corrected chi connectivity index (χ2v) is 3.45. The molecule has 1 rings (SSSR count). The third-order valence-corrected chi connectivity index (χ3v) is 2.64. The molecule has 1 fully saturated rings. The number of rotatable bonds is 2. The van der Waals surface area contributed by atoms with Crippen molar-refractivity contribution in [1.29, 1.82) is 0 Å². The van der Waals surface area contributed by atoms with Crippen molar-refractivity contribution in [2.45, 2.75) is 25.9 Å². The first-order valence-electron chi connectivity index (χ1n) is 3.50. The molecule has 0 spiro atoms. The molecule has 0 aromatic carbocycles. The van der Waals surface area contributed by atoms with E-state index >= 15 is 0 Å². The highest BCUT2D eigenvalue weighted by Crippen LogP contribution is 2.44. The highest BCUT2D eigenvalue weighted by molar-refractivity contribution is 7.41. The lowest BCUT2D eigenvalue weighted by Crippen LogP contribution is -2.17. The Morgan fingerprint density at radius 2 is 2.50 bits per heavy atom. The maximum atomic E-state index is 5.41. The molecule has 60 valence electrons. The van der Waals surface area contributed by atoms with Crippen molar-refractivity contribution in [2.75, 3.05) is 13.7 Å². The fourth-order valence-corrected chi connectivity index (χ4v) is 1.84. The molecular formula is C6H13O3P. The van der Waals surface area contributed by atoms with Gasteiger partial charge in [-0.1, -0.05) is 6.92 Å². The van der Waals surface area contributed by atoms with Crippen LogP contribution in [0.2, 0.25) is 0 Å². The Morgan fingerprint density at radius 1 is 1.70 bits per heavy atom. The van der Waals surface area contributed by atoms with Crippen molar-refractivity contribution < 1.29 is 13.6 Å². The summed E-state index contributed by atoms with van der Waals surface area (Å²) >= 11 is 0. The van der Waals surface area contributed by atoms with Crippen LogP contribution in [0.25, 0.3) is 0 Å². The van der Waals surface area contributed by atoms with Crippen molar-refractivity contribution in [3.8, 4) is 0 Å². The van der Waals surface area contributed by atoms with E-state index < -0.39 is 8.60 Å². The van der Waals surface area contributed by atoms with Gasteiger partial charge in [0.15, 0.2) is 0 Å². The minimum Gasteiger partial charge on any atom is -0.316 e. The van der Waals surface area contributed by atoms with Crippen LogP contribution in [0.3, 0.4) is 0 Å². The van der Waals surface area contributed by atoms with Crippen molar-refractivity contribution >= 4 is 8.60 Å². The minimum absolute atomic E-state index is 0.347. The van der Waals surface area contributed by atoms with Crippen LogP contribution in [0, 0.1) is 0 Å². The molecule has 1 saturated heterocycles. The van der Waals surface area contributed by atoms with Crippen LogP contribution in [0.5, 0.6) is 0 Å². The molecule has 3 nitrogen and oxygen atoms in total. The fourth-order valence-electron chi connectivity index (χ4n) is 0.838. The Bertz CT molecular complexity index is 89.0. The number of hydrogen-bond acceptors (Lipinski definition) is 3. The van der Waals surface area contributed by atoms with Crippen LogP contribution in [-0.4, -0.2) is 19.8 Å². The molecule has 0 aromatic heterocycles. The van der Waals surface area contributed by atoms with Gasteiger partial charge in [0, 0.05) is 7.11 Å². The molecule has 1 aliphatic heterocycles. The summed E-state index contributed by atoms with van der Waals surface area (Å²) in [6.45, 7) is 2.89. The smallest absolute Gasteiger partial charge is 0.316 e. The van der Waals surface area contributed by atoms with Gasteiger partial charge in [0.2, 0.25) is 0 Å². The Kier molecular flexibility index (Phi) is 3.57. The third kappa shape index (κ3) is 2.17. The first kappa shape index (κ1) is 8.41. The van der Waals surface area contributed by atoms with Gasteiger partial charge < -0.3 is 13.6 Å². The van der Waals surface area contributed by atoms with Crippen LogP contribution in [-0.2, 0) is 13.6 Å². The molecule has 0 N–H and O–H groups in total. The van der Waals surface area contributed by atoms with E-state index in [0.29, 0.717) is 6.10 Å². The number of hydrogen-bond donors (Lipinski definition) is 0. The predicted molar refractivity (Wildman–Crippen MR) is 39.7 cm³/mol. The van der Waals surface area contributed by atoms with Crippen LogP contribution in [0.1, 0.15) is 19.8 Å².